The van der Waals surface area contributed by atoms with Crippen molar-refractivity contribution in [3.63, 3.8) is 0 Å². The Bertz CT molecular complexity index is 1990. The Kier molecular flexibility index (Phi) is 68.5. The molecule has 2 nitrogen and oxygen atoms in total. The fourth-order valence-corrected chi connectivity index (χ4v) is 13.9. The van der Waals surface area contributed by atoms with Gasteiger partial charge < -0.3 is 0 Å². The summed E-state index contributed by atoms with van der Waals surface area (Å²) in [6, 6.07) is 17.3. The van der Waals surface area contributed by atoms with Gasteiger partial charge in [0, 0.05) is 6.42 Å². The number of hydrogen-bond donors (Lipinski definition) is 0. The minimum atomic E-state index is 0.733. The number of benzene rings is 2. The largest absolute Gasteiger partial charge is 0.254 e. The quantitative estimate of drug-likeness (QED) is 0.0358. The van der Waals surface area contributed by atoms with Crippen molar-refractivity contribution >= 4 is 35.5 Å². The van der Waals surface area contributed by atoms with Crippen LogP contribution in [0, 0.1) is 11.8 Å². The van der Waals surface area contributed by atoms with Gasteiger partial charge in [-0.05, 0) is 73.4 Å². The maximum Gasteiger partial charge on any atom is 0.132 e. The van der Waals surface area contributed by atoms with Gasteiger partial charge in [0.05, 0.1) is 17.6 Å². The summed E-state index contributed by atoms with van der Waals surface area (Å²) in [7, 11) is 0. The van der Waals surface area contributed by atoms with Gasteiger partial charge in [0.2, 0.25) is 0 Å². The Morgan fingerprint density at radius 2 is 0.468 bits per heavy atom. The maximum atomic E-state index is 5.04. The molecule has 2 aromatic rings. The summed E-state index contributed by atoms with van der Waals surface area (Å²) in [6.45, 7) is 6.93. The molecule has 2 heteroatoms. The van der Waals surface area contributed by atoms with Crippen LogP contribution in [-0.4, -0.2) is 11.9 Å². The van der Waals surface area contributed by atoms with Crippen LogP contribution in [0.2, 0.25) is 0 Å². The molecule has 0 amide bonds. The third kappa shape index (κ3) is 63.6. The standard InChI is InChI=1S/C92H160N2/c1-4-7-10-13-16-19-22-25-28-31-34-37-40-41-42-45-48-51-54-57-60-63-66-69-72-75-78-92(94-91-85-81-89(82-86-91)77-74-71-68-65-62-59-56-53-50-47-44-39-36-33-30-27-24-21-18-15-12-9-6-3)87-93-90-83-79-88(80-84-90)76-73-70-67-64-61-58-55-52-49-46-43-38-35-32-29-26-23-20-17-14-11-8-5-2/h73-74,76-77,79-87H,4-72H2,1-3H3. The molecular formula is C92H160N2. The lowest BCUT2D eigenvalue weighted by Crippen LogP contribution is -1.95. The highest BCUT2D eigenvalue weighted by atomic mass is 14.8. The normalized spacial score (nSPS) is 12.0. The first-order valence-electron chi connectivity index (χ1n) is 42.9. The summed E-state index contributed by atoms with van der Waals surface area (Å²) in [5.41, 5.74) is 5.09. The number of aliphatic imine (C=N–C) groups is 2. The Hall–Kier alpha value is -3.18. The lowest BCUT2D eigenvalue weighted by Gasteiger charge is -2.04. The molecule has 0 saturated heterocycles. The fourth-order valence-electron chi connectivity index (χ4n) is 13.9. The van der Waals surface area contributed by atoms with Crippen LogP contribution in [0.3, 0.4) is 0 Å². The van der Waals surface area contributed by atoms with Crippen molar-refractivity contribution in [3.8, 4) is 11.8 Å². The van der Waals surface area contributed by atoms with Crippen LogP contribution in [0.25, 0.3) is 12.2 Å². The molecule has 0 fully saturated rings. The molecule has 0 aromatic heterocycles. The van der Waals surface area contributed by atoms with Crippen LogP contribution in [0.5, 0.6) is 0 Å². The van der Waals surface area contributed by atoms with E-state index in [0.29, 0.717) is 0 Å². The van der Waals surface area contributed by atoms with Crippen molar-refractivity contribution in [2.45, 2.75) is 464 Å². The lowest BCUT2D eigenvalue weighted by molar-refractivity contribution is 0.517. The lowest BCUT2D eigenvalue weighted by atomic mass is 10.0. The van der Waals surface area contributed by atoms with E-state index in [9.17, 15) is 0 Å². The molecule has 0 atom stereocenters. The molecule has 2 aromatic carbocycles. The van der Waals surface area contributed by atoms with E-state index in [2.05, 4.69) is 105 Å². The molecular weight excluding hydrogens is 1130 g/mol. The van der Waals surface area contributed by atoms with E-state index >= 15 is 0 Å². The third-order valence-corrected chi connectivity index (χ3v) is 20.3. The molecule has 0 aliphatic rings. The van der Waals surface area contributed by atoms with Crippen LogP contribution in [0.15, 0.2) is 70.7 Å². The monoisotopic (exact) mass is 1290 g/mol. The zero-order valence-corrected chi connectivity index (χ0v) is 63.7. The van der Waals surface area contributed by atoms with Gasteiger partial charge in [-0.3, -0.25) is 4.99 Å². The van der Waals surface area contributed by atoms with E-state index in [1.54, 1.807) is 0 Å². The Morgan fingerprint density at radius 3 is 0.713 bits per heavy atom. The predicted molar refractivity (Wildman–Crippen MR) is 430 cm³/mol. The van der Waals surface area contributed by atoms with Crippen LogP contribution in [-0.2, 0) is 0 Å². The van der Waals surface area contributed by atoms with Crippen LogP contribution >= 0.6 is 0 Å². The molecule has 0 unspecified atom stereocenters. The number of rotatable bonds is 73. The second-order valence-corrected chi connectivity index (χ2v) is 29.6. The topological polar surface area (TPSA) is 24.7 Å². The number of nitrogens with zero attached hydrogens (tertiary/aromatic N) is 2. The van der Waals surface area contributed by atoms with Gasteiger partial charge in [0.1, 0.15) is 5.71 Å². The van der Waals surface area contributed by atoms with Gasteiger partial charge in [0.25, 0.3) is 0 Å². The average Bonchev–Trinajstić information content (AvgIpc) is 1.27. The first-order chi connectivity index (χ1) is 46.7. The molecule has 0 aliphatic carbocycles. The Balaban J connectivity index is 1.67. The molecule has 0 saturated carbocycles. The minimum Gasteiger partial charge on any atom is -0.254 e. The highest BCUT2D eigenvalue weighted by molar-refractivity contribution is 6.39. The van der Waals surface area contributed by atoms with Crippen molar-refractivity contribution in [1.82, 2.24) is 0 Å². The summed E-state index contributed by atoms with van der Waals surface area (Å²) < 4.78 is 0. The molecule has 0 bridgehead atoms. The molecule has 2 rings (SSSR count). The van der Waals surface area contributed by atoms with Crippen molar-refractivity contribution in [2.24, 2.45) is 9.98 Å². The molecule has 0 N–H and O–H groups in total. The molecule has 0 radical (unpaired) electrons. The smallest absolute Gasteiger partial charge is 0.132 e. The number of allylic oxidation sites excluding steroid dienone is 2. The predicted octanol–water partition coefficient (Wildman–Crippen LogP) is 33.2. The molecule has 538 valence electrons. The summed E-state index contributed by atoms with van der Waals surface area (Å²) in [6.07, 6.45) is 109. The first kappa shape index (κ1) is 86.9. The van der Waals surface area contributed by atoms with Crippen LogP contribution in [0.1, 0.15) is 475 Å². The molecule has 0 spiro atoms. The summed E-state index contributed by atoms with van der Waals surface area (Å²) in [5.74, 6) is 6.92. The molecule has 0 aliphatic heterocycles. The average molecular weight is 1290 g/mol. The van der Waals surface area contributed by atoms with Gasteiger partial charge in [-0.2, -0.15) is 0 Å². The van der Waals surface area contributed by atoms with Gasteiger partial charge in [-0.15, -0.1) is 0 Å². The van der Waals surface area contributed by atoms with Crippen molar-refractivity contribution < 1.29 is 0 Å². The van der Waals surface area contributed by atoms with Crippen molar-refractivity contribution in [2.75, 3.05) is 0 Å². The number of unbranched alkanes of at least 4 members (excludes halogenated alkanes) is 66. The SMILES string of the molecule is CCCCCCCCCCCCCCCCCCCCCCCC=Cc1ccc(N=CC(C#CCCCCCCCCCCCCCCCCCCCCCCCCCC)=Nc2ccc(C=CCCCCCCCCCCCCCCCCCCCCCCC)cc2)cc1. The van der Waals surface area contributed by atoms with E-state index in [1.165, 1.54) is 428 Å². The zero-order valence-electron chi connectivity index (χ0n) is 63.7. The van der Waals surface area contributed by atoms with E-state index in [0.717, 1.165) is 42.8 Å². The van der Waals surface area contributed by atoms with Crippen molar-refractivity contribution in [3.05, 3.63) is 71.8 Å². The first-order valence-corrected chi connectivity index (χ1v) is 42.9. The van der Waals surface area contributed by atoms with Gasteiger partial charge >= 0.3 is 0 Å². The van der Waals surface area contributed by atoms with E-state index in [4.69, 9.17) is 9.98 Å². The van der Waals surface area contributed by atoms with Gasteiger partial charge in [-0.1, -0.05) is 480 Å². The third-order valence-electron chi connectivity index (χ3n) is 20.3. The second kappa shape index (κ2) is 74.1. The summed E-state index contributed by atoms with van der Waals surface area (Å²) >= 11 is 0. The highest BCUT2D eigenvalue weighted by Gasteiger charge is 2.02. The Labute approximate surface area is 589 Å². The zero-order chi connectivity index (χ0) is 66.7. The van der Waals surface area contributed by atoms with E-state index < -0.39 is 0 Å². The van der Waals surface area contributed by atoms with Crippen LogP contribution in [0.4, 0.5) is 11.4 Å². The number of hydrogen-bond acceptors (Lipinski definition) is 2. The molecule has 94 heavy (non-hydrogen) atoms. The van der Waals surface area contributed by atoms with Gasteiger partial charge in [0.15, 0.2) is 0 Å². The summed E-state index contributed by atoms with van der Waals surface area (Å²) in [5, 5.41) is 0. The second-order valence-electron chi connectivity index (χ2n) is 29.6. The van der Waals surface area contributed by atoms with Crippen LogP contribution < -0.4 is 0 Å². The van der Waals surface area contributed by atoms with Gasteiger partial charge in [-0.25, -0.2) is 4.99 Å². The Morgan fingerprint density at radius 1 is 0.255 bits per heavy atom. The minimum absolute atomic E-state index is 0.733. The highest BCUT2D eigenvalue weighted by Crippen LogP contribution is 2.22. The summed E-state index contributed by atoms with van der Waals surface area (Å²) in [4.78, 5) is 9.93. The molecule has 0 heterocycles. The van der Waals surface area contributed by atoms with E-state index in [1.807, 2.05) is 6.21 Å². The van der Waals surface area contributed by atoms with E-state index in [-0.39, 0.29) is 0 Å². The fraction of sp³-hybridized carbons (Fsp3) is 0.783. The maximum absolute atomic E-state index is 5.04. The van der Waals surface area contributed by atoms with Crippen molar-refractivity contribution in [1.29, 1.82) is 0 Å².